The molecule has 36 heavy (non-hydrogen) atoms. The average molecular weight is 475 g/mol. The highest BCUT2D eigenvalue weighted by molar-refractivity contribution is 5.72. The highest BCUT2D eigenvalue weighted by atomic mass is 15.1. The number of aromatic nitrogens is 2. The van der Waals surface area contributed by atoms with Gasteiger partial charge in [-0.05, 0) is 22.3 Å². The Morgan fingerprint density at radius 1 is 0.444 bits per heavy atom. The summed E-state index contributed by atoms with van der Waals surface area (Å²) in [5.74, 6) is 0. The van der Waals surface area contributed by atoms with Gasteiger partial charge < -0.3 is 0 Å². The van der Waals surface area contributed by atoms with Gasteiger partial charge in [0.15, 0.2) is 23.5 Å². The van der Waals surface area contributed by atoms with Crippen molar-refractivity contribution in [2.75, 3.05) is 0 Å². The minimum atomic E-state index is -0.0669. The van der Waals surface area contributed by atoms with Crippen molar-refractivity contribution in [2.45, 2.75) is 52.6 Å². The Labute approximate surface area is 216 Å². The minimum Gasteiger partial charge on any atom is -0.189 e. The first-order valence-electron chi connectivity index (χ1n) is 12.7. The fourth-order valence-electron chi connectivity index (χ4n) is 4.32. The van der Waals surface area contributed by atoms with Crippen molar-refractivity contribution in [3.8, 4) is 11.4 Å². The Hall–Kier alpha value is -3.78. The molecule has 0 saturated carbocycles. The van der Waals surface area contributed by atoms with Crippen molar-refractivity contribution < 1.29 is 9.13 Å². The number of pyridine rings is 2. The molecule has 0 atom stereocenters. The van der Waals surface area contributed by atoms with E-state index in [0.717, 1.165) is 0 Å². The largest absolute Gasteiger partial charge is 0.278 e. The maximum absolute atomic E-state index is 2.38. The third kappa shape index (κ3) is 6.26. The van der Waals surface area contributed by atoms with E-state index >= 15 is 0 Å². The molecule has 0 amide bonds. The van der Waals surface area contributed by atoms with Crippen molar-refractivity contribution in [3.63, 3.8) is 0 Å². The molecule has 182 valence electrons. The lowest BCUT2D eigenvalue weighted by atomic mass is 10.0. The molecule has 2 heteroatoms. The molecule has 2 aromatic heterocycles. The summed E-state index contributed by atoms with van der Waals surface area (Å²) in [6, 6.07) is 29.9. The zero-order valence-corrected chi connectivity index (χ0v) is 22.4. The molecule has 0 aliphatic rings. The third-order valence-electron chi connectivity index (χ3n) is 6.20. The van der Waals surface area contributed by atoms with Crippen molar-refractivity contribution in [1.82, 2.24) is 0 Å². The molecule has 0 radical (unpaired) electrons. The molecule has 0 aliphatic heterocycles. The van der Waals surface area contributed by atoms with E-state index in [-0.39, 0.29) is 11.1 Å². The van der Waals surface area contributed by atoms with Crippen LogP contribution in [-0.2, 0) is 11.1 Å². The predicted molar refractivity (Wildman–Crippen MR) is 153 cm³/mol. The first-order chi connectivity index (χ1) is 17.1. The molecule has 0 spiro atoms. The fraction of sp³-hybridized carbons (Fsp3) is 0.235. The second-order valence-corrected chi connectivity index (χ2v) is 11.3. The van der Waals surface area contributed by atoms with Crippen molar-refractivity contribution in [2.24, 2.45) is 0 Å². The molecule has 0 fully saturated rings. The maximum atomic E-state index is 2.38. The van der Waals surface area contributed by atoms with E-state index in [2.05, 4.69) is 172 Å². The van der Waals surface area contributed by atoms with Gasteiger partial charge in [0.1, 0.15) is 0 Å². The summed E-state index contributed by atoms with van der Waals surface area (Å²) in [4.78, 5) is 0. The lowest BCUT2D eigenvalue weighted by Crippen LogP contribution is -2.56. The molecular weight excluding hydrogens is 436 g/mol. The Morgan fingerprint density at radius 3 is 1.11 bits per heavy atom. The third-order valence-corrected chi connectivity index (χ3v) is 6.20. The van der Waals surface area contributed by atoms with Gasteiger partial charge in [-0.2, -0.15) is 9.13 Å². The van der Waals surface area contributed by atoms with Crippen LogP contribution in [0.3, 0.4) is 0 Å². The monoisotopic (exact) mass is 474 g/mol. The predicted octanol–water partition coefficient (Wildman–Crippen LogP) is 7.78. The molecule has 0 saturated heterocycles. The van der Waals surface area contributed by atoms with E-state index in [1.165, 1.54) is 33.6 Å². The van der Waals surface area contributed by atoms with Crippen LogP contribution in [0.5, 0.6) is 0 Å². The van der Waals surface area contributed by atoms with Crippen LogP contribution < -0.4 is 9.13 Å². The van der Waals surface area contributed by atoms with E-state index in [9.17, 15) is 0 Å². The lowest BCUT2D eigenvalue weighted by Gasteiger charge is -2.20. The van der Waals surface area contributed by atoms with E-state index in [0.29, 0.717) is 0 Å². The molecular formula is C34H38N2+2. The van der Waals surface area contributed by atoms with Gasteiger partial charge in [-0.1, -0.05) is 85.0 Å². The van der Waals surface area contributed by atoms with Crippen LogP contribution in [0.25, 0.3) is 35.7 Å². The van der Waals surface area contributed by atoms with E-state index in [1.54, 1.807) is 0 Å². The molecule has 0 N–H and O–H groups in total. The molecule has 0 unspecified atom stereocenters. The standard InChI is InChI=1S/C34H38N2/c1-33(2,3)35-23-21-29(19-17-27-13-9-7-10-14-27)25-31(35)32-26-30(22-24-36(32)34(4,5)6)20-18-28-15-11-8-12-16-28/h7-26H,1-6H3/q+2/b19-17+,20-18+. The average Bonchev–Trinajstić information content (AvgIpc) is 2.86. The first-order valence-corrected chi connectivity index (χ1v) is 12.7. The zero-order valence-electron chi connectivity index (χ0n) is 22.4. The Balaban J connectivity index is 1.86. The molecule has 4 aromatic rings. The van der Waals surface area contributed by atoms with Crippen molar-refractivity contribution >= 4 is 24.3 Å². The number of hydrogen-bond donors (Lipinski definition) is 0. The summed E-state index contributed by atoms with van der Waals surface area (Å²) in [7, 11) is 0. The Kier molecular flexibility index (Phi) is 7.35. The van der Waals surface area contributed by atoms with Crippen molar-refractivity contribution in [3.05, 3.63) is 120 Å². The van der Waals surface area contributed by atoms with Gasteiger partial charge in [0.25, 0.3) is 11.4 Å². The minimum absolute atomic E-state index is 0.0669. The highest BCUT2D eigenvalue weighted by Gasteiger charge is 2.35. The Bertz CT molecular complexity index is 1260. The summed E-state index contributed by atoms with van der Waals surface area (Å²) in [6.45, 7) is 13.6. The molecule has 0 aliphatic carbocycles. The second kappa shape index (κ2) is 10.5. The van der Waals surface area contributed by atoms with Crippen LogP contribution in [-0.4, -0.2) is 0 Å². The molecule has 4 rings (SSSR count). The van der Waals surface area contributed by atoms with Crippen molar-refractivity contribution in [1.29, 1.82) is 0 Å². The first kappa shape index (κ1) is 25.3. The van der Waals surface area contributed by atoms with Gasteiger partial charge in [-0.3, -0.25) is 0 Å². The summed E-state index contributed by atoms with van der Waals surface area (Å²) < 4.78 is 4.77. The van der Waals surface area contributed by atoms with Gasteiger partial charge in [-0.15, -0.1) is 0 Å². The Morgan fingerprint density at radius 2 is 0.778 bits per heavy atom. The number of benzene rings is 2. The van der Waals surface area contributed by atoms with Gasteiger partial charge >= 0.3 is 0 Å². The van der Waals surface area contributed by atoms with Gasteiger partial charge in [-0.25, -0.2) is 0 Å². The summed E-state index contributed by atoms with van der Waals surface area (Å²) in [5, 5.41) is 0. The van der Waals surface area contributed by atoms with Gasteiger partial charge in [0.05, 0.1) is 0 Å². The van der Waals surface area contributed by atoms with Crippen LogP contribution in [0.2, 0.25) is 0 Å². The van der Waals surface area contributed by atoms with E-state index < -0.39 is 0 Å². The van der Waals surface area contributed by atoms with Crippen LogP contribution in [0, 0.1) is 0 Å². The molecule has 2 heterocycles. The molecule has 0 bridgehead atoms. The smallest absolute Gasteiger partial charge is 0.189 e. The van der Waals surface area contributed by atoms with E-state index in [1.807, 2.05) is 0 Å². The van der Waals surface area contributed by atoms with Crippen LogP contribution >= 0.6 is 0 Å². The number of nitrogens with zero attached hydrogens (tertiary/aromatic N) is 2. The number of rotatable bonds is 5. The van der Waals surface area contributed by atoms with Gasteiger partial charge in [0.2, 0.25) is 0 Å². The number of hydrogen-bond acceptors (Lipinski definition) is 0. The molecule has 2 aromatic carbocycles. The zero-order chi connectivity index (χ0) is 25.8. The quantitative estimate of drug-likeness (QED) is 0.261. The van der Waals surface area contributed by atoms with Crippen LogP contribution in [0.15, 0.2) is 97.3 Å². The van der Waals surface area contributed by atoms with Gasteiger partial charge in [0, 0.05) is 65.8 Å². The van der Waals surface area contributed by atoms with Crippen LogP contribution in [0.4, 0.5) is 0 Å². The molecule has 2 nitrogen and oxygen atoms in total. The SMILES string of the molecule is CC(C)(C)[n+]1ccc(/C=C/c2ccccc2)cc1-c1cc(/C=C/c2ccccc2)cc[n+]1C(C)(C)C. The second-order valence-electron chi connectivity index (χ2n) is 11.3. The van der Waals surface area contributed by atoms with E-state index in [4.69, 9.17) is 0 Å². The summed E-state index contributed by atoms with van der Waals surface area (Å²) >= 11 is 0. The maximum Gasteiger partial charge on any atom is 0.278 e. The normalized spacial score (nSPS) is 12.5. The topological polar surface area (TPSA) is 7.76 Å². The lowest BCUT2D eigenvalue weighted by molar-refractivity contribution is -0.770. The highest BCUT2D eigenvalue weighted by Crippen LogP contribution is 2.23. The fourth-order valence-corrected chi connectivity index (χ4v) is 4.32. The summed E-state index contributed by atoms with van der Waals surface area (Å²) in [5.41, 5.74) is 7.02. The van der Waals surface area contributed by atoms with Crippen LogP contribution in [0.1, 0.15) is 63.8 Å². The summed E-state index contributed by atoms with van der Waals surface area (Å²) in [6.07, 6.45) is 13.2.